The molecule has 0 spiro atoms. The minimum absolute atomic E-state index is 0.138. The fourth-order valence-corrected chi connectivity index (χ4v) is 2.21. The summed E-state index contributed by atoms with van der Waals surface area (Å²) in [6, 6.07) is 6.44. The van der Waals surface area contributed by atoms with Crippen LogP contribution in [0.3, 0.4) is 0 Å². The van der Waals surface area contributed by atoms with Crippen LogP contribution < -0.4 is 5.32 Å². The van der Waals surface area contributed by atoms with Crippen LogP contribution in [0.4, 0.5) is 0 Å². The van der Waals surface area contributed by atoms with Crippen molar-refractivity contribution < 1.29 is 19.4 Å². The first-order chi connectivity index (χ1) is 9.02. The molecule has 0 saturated heterocycles. The van der Waals surface area contributed by atoms with Gasteiger partial charge in [-0.3, -0.25) is 9.59 Å². The molecule has 1 aromatic carbocycles. The van der Waals surface area contributed by atoms with E-state index in [4.69, 9.17) is 4.74 Å². The topological polar surface area (TPSA) is 75.6 Å². The van der Waals surface area contributed by atoms with Crippen LogP contribution in [0.25, 0.3) is 0 Å². The number of nitrogens with one attached hydrogen (secondary N) is 1. The molecule has 0 fully saturated rings. The van der Waals surface area contributed by atoms with Crippen LogP contribution in [0.2, 0.25) is 0 Å². The number of hydrogen-bond donors (Lipinski definition) is 2. The van der Waals surface area contributed by atoms with Crippen molar-refractivity contribution in [3.05, 3.63) is 41.6 Å². The van der Waals surface area contributed by atoms with Crippen LogP contribution in [-0.4, -0.2) is 24.1 Å². The zero-order chi connectivity index (χ0) is 14.0. The predicted molar refractivity (Wildman–Crippen MR) is 68.3 cm³/mol. The molecule has 2 unspecified atom stereocenters. The van der Waals surface area contributed by atoms with E-state index in [9.17, 15) is 14.7 Å². The minimum atomic E-state index is -0.904. The number of phenolic OH excluding ortho intramolecular Hbond substituents is 1. The number of carbonyl (C=O) groups excluding carboxylic acids is 2. The van der Waals surface area contributed by atoms with E-state index in [-0.39, 0.29) is 17.6 Å². The molecule has 0 saturated carbocycles. The first-order valence-electron chi connectivity index (χ1n) is 5.89. The van der Waals surface area contributed by atoms with Crippen molar-refractivity contribution >= 4 is 11.9 Å². The smallest absolute Gasteiger partial charge is 0.319 e. The van der Waals surface area contributed by atoms with Gasteiger partial charge in [0.25, 0.3) is 0 Å². The van der Waals surface area contributed by atoms with Gasteiger partial charge in [-0.1, -0.05) is 18.2 Å². The van der Waals surface area contributed by atoms with Gasteiger partial charge in [0.15, 0.2) is 0 Å². The van der Waals surface area contributed by atoms with Crippen LogP contribution in [0.5, 0.6) is 5.75 Å². The van der Waals surface area contributed by atoms with Crippen molar-refractivity contribution in [1.29, 1.82) is 0 Å². The van der Waals surface area contributed by atoms with E-state index in [0.29, 0.717) is 5.70 Å². The average Bonchev–Trinajstić information content (AvgIpc) is 2.38. The summed E-state index contributed by atoms with van der Waals surface area (Å²) in [5.74, 6) is -2.09. The van der Waals surface area contributed by atoms with Gasteiger partial charge in [-0.2, -0.15) is 0 Å². The number of rotatable bonds is 2. The normalized spacial score (nSPS) is 22.4. The summed E-state index contributed by atoms with van der Waals surface area (Å²) >= 11 is 0. The first kappa shape index (κ1) is 13.1. The van der Waals surface area contributed by atoms with Crippen molar-refractivity contribution in [1.82, 2.24) is 5.32 Å². The second kappa shape index (κ2) is 5.14. The highest BCUT2D eigenvalue weighted by Gasteiger charge is 2.38. The van der Waals surface area contributed by atoms with Gasteiger partial charge in [0, 0.05) is 11.6 Å². The summed E-state index contributed by atoms with van der Waals surface area (Å²) in [6.07, 6.45) is 1.81. The summed E-state index contributed by atoms with van der Waals surface area (Å²) in [5, 5.41) is 11.9. The fourth-order valence-electron chi connectivity index (χ4n) is 2.21. The summed E-state index contributed by atoms with van der Waals surface area (Å²) < 4.78 is 4.69. The molecule has 0 aromatic heterocycles. The zero-order valence-corrected chi connectivity index (χ0v) is 10.7. The first-order valence-corrected chi connectivity index (χ1v) is 5.89. The number of hydrogen-bond acceptors (Lipinski definition) is 4. The van der Waals surface area contributed by atoms with E-state index in [2.05, 4.69) is 5.32 Å². The molecule has 0 radical (unpaired) electrons. The van der Waals surface area contributed by atoms with Gasteiger partial charge in [-0.05, 0) is 24.6 Å². The van der Waals surface area contributed by atoms with Gasteiger partial charge >= 0.3 is 5.97 Å². The van der Waals surface area contributed by atoms with E-state index >= 15 is 0 Å². The quantitative estimate of drug-likeness (QED) is 0.621. The number of carbonyl (C=O) groups is 2. The lowest BCUT2D eigenvalue weighted by Crippen LogP contribution is -2.42. The van der Waals surface area contributed by atoms with Gasteiger partial charge in [0.2, 0.25) is 5.91 Å². The number of benzene rings is 1. The molecule has 0 aliphatic carbocycles. The second-order valence-electron chi connectivity index (χ2n) is 4.46. The Hall–Kier alpha value is -2.30. The highest BCUT2D eigenvalue weighted by molar-refractivity contribution is 6.00. The molecule has 1 aromatic rings. The average molecular weight is 261 g/mol. The van der Waals surface area contributed by atoms with E-state index in [0.717, 1.165) is 5.56 Å². The number of amides is 1. The van der Waals surface area contributed by atoms with Gasteiger partial charge in [-0.15, -0.1) is 0 Å². The molecule has 100 valence electrons. The van der Waals surface area contributed by atoms with Gasteiger partial charge < -0.3 is 15.2 Å². The number of methoxy groups -OCH3 is 1. The number of allylic oxidation sites excluding steroid dienone is 2. The number of ether oxygens (including phenoxy) is 1. The molecule has 1 amide bonds. The third-order valence-corrected chi connectivity index (χ3v) is 3.12. The summed E-state index contributed by atoms with van der Waals surface area (Å²) in [6.45, 7) is 1.76. The molecular weight excluding hydrogens is 246 g/mol. The monoisotopic (exact) mass is 261 g/mol. The molecule has 1 heterocycles. The lowest BCUT2D eigenvalue weighted by atomic mass is 9.82. The summed E-state index contributed by atoms with van der Waals surface area (Å²) in [7, 11) is 1.26. The molecule has 2 rings (SSSR count). The Balaban J connectivity index is 2.43. The minimum Gasteiger partial charge on any atom is -0.508 e. The maximum Gasteiger partial charge on any atom is 0.319 e. The third kappa shape index (κ3) is 2.59. The molecule has 19 heavy (non-hydrogen) atoms. The number of esters is 1. The molecule has 0 bridgehead atoms. The maximum atomic E-state index is 12.0. The van der Waals surface area contributed by atoms with E-state index in [1.165, 1.54) is 19.2 Å². The molecule has 2 N–H and O–H groups in total. The molecule has 5 heteroatoms. The summed E-state index contributed by atoms with van der Waals surface area (Å²) in [5.41, 5.74) is 1.48. The van der Waals surface area contributed by atoms with Crippen molar-refractivity contribution in [2.45, 2.75) is 12.8 Å². The van der Waals surface area contributed by atoms with Crippen molar-refractivity contribution in [2.24, 2.45) is 5.92 Å². The van der Waals surface area contributed by atoms with Crippen LogP contribution in [0, 0.1) is 5.92 Å². The van der Waals surface area contributed by atoms with Crippen molar-refractivity contribution in [2.75, 3.05) is 7.11 Å². The Morgan fingerprint density at radius 3 is 2.53 bits per heavy atom. The number of phenols is 1. The number of aromatic hydroxyl groups is 1. The van der Waals surface area contributed by atoms with Gasteiger partial charge in [-0.25, -0.2) is 0 Å². The largest absolute Gasteiger partial charge is 0.508 e. The Bertz CT molecular complexity index is 533. The fraction of sp³-hybridized carbons (Fsp3) is 0.286. The Kier molecular flexibility index (Phi) is 3.55. The van der Waals surface area contributed by atoms with Gasteiger partial charge in [0.1, 0.15) is 11.7 Å². The SMILES string of the molecule is COC(=O)C1C(=O)NC(C)=CC1c1ccc(O)cc1. The predicted octanol–water partition coefficient (Wildman–Crippen LogP) is 1.30. The Morgan fingerprint density at radius 2 is 1.95 bits per heavy atom. The lowest BCUT2D eigenvalue weighted by Gasteiger charge is -2.27. The molecule has 2 atom stereocenters. The molecular formula is C14H15NO4. The second-order valence-corrected chi connectivity index (χ2v) is 4.46. The molecule has 1 aliphatic heterocycles. The van der Waals surface area contributed by atoms with E-state index < -0.39 is 11.9 Å². The lowest BCUT2D eigenvalue weighted by molar-refractivity contribution is -0.150. The summed E-state index contributed by atoms with van der Waals surface area (Å²) in [4.78, 5) is 23.7. The molecule has 5 nitrogen and oxygen atoms in total. The Labute approximate surface area is 110 Å². The zero-order valence-electron chi connectivity index (χ0n) is 10.7. The highest BCUT2D eigenvalue weighted by Crippen LogP contribution is 2.32. The van der Waals surface area contributed by atoms with Crippen molar-refractivity contribution in [3.8, 4) is 5.75 Å². The van der Waals surface area contributed by atoms with E-state index in [1.807, 2.05) is 6.08 Å². The van der Waals surface area contributed by atoms with E-state index in [1.54, 1.807) is 19.1 Å². The Morgan fingerprint density at radius 1 is 1.32 bits per heavy atom. The highest BCUT2D eigenvalue weighted by atomic mass is 16.5. The molecule has 1 aliphatic rings. The van der Waals surface area contributed by atoms with Gasteiger partial charge in [0.05, 0.1) is 7.11 Å². The van der Waals surface area contributed by atoms with Crippen LogP contribution in [0.15, 0.2) is 36.0 Å². The maximum absolute atomic E-state index is 12.0. The van der Waals surface area contributed by atoms with Crippen LogP contribution in [-0.2, 0) is 14.3 Å². The third-order valence-electron chi connectivity index (χ3n) is 3.12. The van der Waals surface area contributed by atoms with Crippen LogP contribution in [0.1, 0.15) is 18.4 Å². The van der Waals surface area contributed by atoms with Crippen LogP contribution >= 0.6 is 0 Å². The van der Waals surface area contributed by atoms with Crippen molar-refractivity contribution in [3.63, 3.8) is 0 Å². The standard InChI is InChI=1S/C14H15NO4/c1-8-7-11(9-3-5-10(16)6-4-9)12(13(17)15-8)14(18)19-2/h3-7,11-12,16H,1-2H3,(H,15,17).